The van der Waals surface area contributed by atoms with Gasteiger partial charge in [0.25, 0.3) is 5.91 Å². The third kappa shape index (κ3) is 5.55. The normalized spacial score (nSPS) is 18.9. The molecule has 0 unspecified atom stereocenters. The van der Waals surface area contributed by atoms with Gasteiger partial charge in [-0.2, -0.15) is 0 Å². The zero-order valence-electron chi connectivity index (χ0n) is 16.7. The summed E-state index contributed by atoms with van der Waals surface area (Å²) in [5.41, 5.74) is 1.55. The third-order valence-electron chi connectivity index (χ3n) is 5.44. The quantitative estimate of drug-likeness (QED) is 0.572. The number of oxime groups is 1. The molecule has 1 aromatic rings. The van der Waals surface area contributed by atoms with Gasteiger partial charge in [0.15, 0.2) is 0 Å². The summed E-state index contributed by atoms with van der Waals surface area (Å²) in [6.07, 6.45) is 6.29. The minimum absolute atomic E-state index is 0.0359. The van der Waals surface area contributed by atoms with Gasteiger partial charge in [0.1, 0.15) is 7.11 Å². The van der Waals surface area contributed by atoms with E-state index in [4.69, 9.17) is 0 Å². The van der Waals surface area contributed by atoms with E-state index in [1.54, 1.807) is 6.21 Å². The first-order chi connectivity index (χ1) is 13.7. The van der Waals surface area contributed by atoms with Crippen molar-refractivity contribution < 1.29 is 14.4 Å². The van der Waals surface area contributed by atoms with E-state index in [-0.39, 0.29) is 11.8 Å². The molecule has 1 aromatic carbocycles. The maximum absolute atomic E-state index is 12.7. The largest absolute Gasteiger partial charge is 0.399 e. The summed E-state index contributed by atoms with van der Waals surface area (Å²) in [5.74, 6) is 0.267. The Labute approximate surface area is 166 Å². The van der Waals surface area contributed by atoms with E-state index in [9.17, 15) is 9.59 Å². The molecule has 2 aliphatic rings. The number of hydrogen-bond acceptors (Lipinski definition) is 5. The van der Waals surface area contributed by atoms with E-state index in [1.165, 1.54) is 20.0 Å². The molecule has 2 heterocycles. The topological polar surface area (TPSA) is 65.5 Å². The summed E-state index contributed by atoms with van der Waals surface area (Å²) in [7, 11) is 1.50. The molecule has 0 saturated carbocycles. The Hall–Kier alpha value is -2.41. The van der Waals surface area contributed by atoms with Crippen LogP contribution in [0.2, 0.25) is 0 Å². The fourth-order valence-electron chi connectivity index (χ4n) is 3.73. The van der Waals surface area contributed by atoms with Crippen LogP contribution in [0.15, 0.2) is 29.4 Å². The van der Waals surface area contributed by atoms with Crippen molar-refractivity contribution >= 4 is 18.0 Å². The molecule has 0 radical (unpaired) electrons. The summed E-state index contributed by atoms with van der Waals surface area (Å²) < 4.78 is 0. The molecule has 0 N–H and O–H groups in total. The first kappa shape index (κ1) is 20.3. The number of benzene rings is 1. The van der Waals surface area contributed by atoms with Crippen molar-refractivity contribution in [1.29, 1.82) is 0 Å². The van der Waals surface area contributed by atoms with Crippen LogP contribution in [0.5, 0.6) is 0 Å². The summed E-state index contributed by atoms with van der Waals surface area (Å²) in [5, 5.41) is 3.72. The molecule has 2 fully saturated rings. The number of carbonyl (C=O) groups is 2. The van der Waals surface area contributed by atoms with Crippen LogP contribution in [0, 0.1) is 0 Å². The van der Waals surface area contributed by atoms with Crippen molar-refractivity contribution in [1.82, 2.24) is 14.7 Å². The van der Waals surface area contributed by atoms with Crippen molar-refractivity contribution in [3.05, 3.63) is 35.4 Å². The first-order valence-corrected chi connectivity index (χ1v) is 10.1. The predicted molar refractivity (Wildman–Crippen MR) is 108 cm³/mol. The average Bonchev–Trinajstić information content (AvgIpc) is 3.02. The molecule has 0 spiro atoms. The summed E-state index contributed by atoms with van der Waals surface area (Å²) in [6.45, 7) is 5.03. The molecule has 0 bridgehead atoms. The number of likely N-dealkylation sites (tertiary alicyclic amines) is 1. The Morgan fingerprint density at radius 3 is 2.18 bits per heavy atom. The zero-order chi connectivity index (χ0) is 19.8. The lowest BCUT2D eigenvalue weighted by molar-refractivity contribution is -0.132. The second-order valence-corrected chi connectivity index (χ2v) is 7.40. The Morgan fingerprint density at radius 2 is 1.57 bits per heavy atom. The molecule has 28 heavy (non-hydrogen) atoms. The Bertz CT molecular complexity index is 673. The molecular formula is C21H30N4O3. The van der Waals surface area contributed by atoms with Crippen LogP contribution in [-0.4, -0.2) is 85.7 Å². The zero-order valence-corrected chi connectivity index (χ0v) is 16.7. The summed E-state index contributed by atoms with van der Waals surface area (Å²) in [4.78, 5) is 36.0. The maximum Gasteiger partial charge on any atom is 0.253 e. The van der Waals surface area contributed by atoms with Gasteiger partial charge in [-0.25, -0.2) is 0 Å². The lowest BCUT2D eigenvalue weighted by atomic mass is 10.1. The molecule has 152 valence electrons. The molecular weight excluding hydrogens is 356 g/mol. The van der Waals surface area contributed by atoms with Crippen molar-refractivity contribution in [2.24, 2.45) is 5.16 Å². The number of carbonyl (C=O) groups excluding carboxylic acids is 2. The summed E-state index contributed by atoms with van der Waals surface area (Å²) in [6, 6.07) is 7.33. The molecule has 0 aliphatic carbocycles. The number of rotatable bonds is 5. The second kappa shape index (κ2) is 10.2. The van der Waals surface area contributed by atoms with Crippen LogP contribution < -0.4 is 0 Å². The van der Waals surface area contributed by atoms with Crippen LogP contribution in [-0.2, 0) is 9.63 Å². The second-order valence-electron chi connectivity index (χ2n) is 7.40. The van der Waals surface area contributed by atoms with Gasteiger partial charge in [0, 0.05) is 44.8 Å². The van der Waals surface area contributed by atoms with Gasteiger partial charge in [-0.1, -0.05) is 30.1 Å². The highest BCUT2D eigenvalue weighted by Crippen LogP contribution is 2.12. The number of nitrogens with zero attached hydrogens (tertiary/aromatic N) is 4. The Morgan fingerprint density at radius 1 is 0.929 bits per heavy atom. The molecule has 2 amide bonds. The molecule has 7 heteroatoms. The smallest absolute Gasteiger partial charge is 0.253 e. The standard InChI is InChI=1S/C21H30N4O3/c1-28-22-16-18-6-8-19(9-7-18)21(27)25-14-12-23(13-15-25)17-20(26)24-10-4-2-3-5-11-24/h6-9,16H,2-5,10-15,17H2,1H3/b22-16+. The van der Waals surface area contributed by atoms with E-state index in [2.05, 4.69) is 14.9 Å². The van der Waals surface area contributed by atoms with Crippen LogP contribution in [0.4, 0.5) is 0 Å². The lowest BCUT2D eigenvalue weighted by Crippen LogP contribution is -2.51. The highest BCUT2D eigenvalue weighted by molar-refractivity contribution is 5.95. The van der Waals surface area contributed by atoms with E-state index < -0.39 is 0 Å². The van der Waals surface area contributed by atoms with Gasteiger partial charge < -0.3 is 14.6 Å². The number of amides is 2. The molecule has 2 saturated heterocycles. The Kier molecular flexibility index (Phi) is 7.42. The molecule has 0 atom stereocenters. The lowest BCUT2D eigenvalue weighted by Gasteiger charge is -2.35. The number of hydrogen-bond donors (Lipinski definition) is 0. The van der Waals surface area contributed by atoms with Crippen LogP contribution in [0.25, 0.3) is 0 Å². The van der Waals surface area contributed by atoms with Crippen molar-refractivity contribution in [2.75, 3.05) is 52.9 Å². The predicted octanol–water partition coefficient (Wildman–Crippen LogP) is 1.83. The van der Waals surface area contributed by atoms with Gasteiger partial charge in [-0.05, 0) is 30.5 Å². The van der Waals surface area contributed by atoms with Gasteiger partial charge in [-0.15, -0.1) is 0 Å². The highest BCUT2D eigenvalue weighted by Gasteiger charge is 2.25. The summed E-state index contributed by atoms with van der Waals surface area (Å²) >= 11 is 0. The van der Waals surface area contributed by atoms with E-state index in [1.807, 2.05) is 34.1 Å². The van der Waals surface area contributed by atoms with E-state index in [0.717, 1.165) is 44.6 Å². The minimum Gasteiger partial charge on any atom is -0.399 e. The maximum atomic E-state index is 12.7. The van der Waals surface area contributed by atoms with Crippen LogP contribution in [0.3, 0.4) is 0 Å². The minimum atomic E-state index is 0.0359. The Balaban J connectivity index is 1.47. The van der Waals surface area contributed by atoms with Crippen molar-refractivity contribution in [3.8, 4) is 0 Å². The fourth-order valence-corrected chi connectivity index (χ4v) is 3.73. The molecule has 2 aliphatic heterocycles. The van der Waals surface area contributed by atoms with Crippen molar-refractivity contribution in [2.45, 2.75) is 25.7 Å². The third-order valence-corrected chi connectivity index (χ3v) is 5.44. The van der Waals surface area contributed by atoms with Crippen molar-refractivity contribution in [3.63, 3.8) is 0 Å². The monoisotopic (exact) mass is 386 g/mol. The van der Waals surface area contributed by atoms with Gasteiger partial charge >= 0.3 is 0 Å². The van der Waals surface area contributed by atoms with Gasteiger partial charge in [0.05, 0.1) is 12.8 Å². The first-order valence-electron chi connectivity index (χ1n) is 10.1. The molecule has 3 rings (SSSR count). The van der Waals surface area contributed by atoms with Gasteiger partial charge in [-0.3, -0.25) is 14.5 Å². The van der Waals surface area contributed by atoms with E-state index in [0.29, 0.717) is 25.2 Å². The van der Waals surface area contributed by atoms with Crippen LogP contribution >= 0.6 is 0 Å². The fraction of sp³-hybridized carbons (Fsp3) is 0.571. The average molecular weight is 386 g/mol. The molecule has 0 aromatic heterocycles. The highest BCUT2D eigenvalue weighted by atomic mass is 16.6. The van der Waals surface area contributed by atoms with Gasteiger partial charge in [0.2, 0.25) is 5.91 Å². The van der Waals surface area contributed by atoms with Crippen LogP contribution in [0.1, 0.15) is 41.6 Å². The van der Waals surface area contributed by atoms with E-state index >= 15 is 0 Å². The SMILES string of the molecule is CO/N=C/c1ccc(C(=O)N2CCN(CC(=O)N3CCCCCC3)CC2)cc1. The molecule has 7 nitrogen and oxygen atoms in total. The number of piperazine rings is 1.